The Morgan fingerprint density at radius 2 is 1.88 bits per heavy atom. The summed E-state index contributed by atoms with van der Waals surface area (Å²) in [6.07, 6.45) is 0. The number of benzene rings is 1. The Hall–Kier alpha value is -2.32. The zero-order valence-corrected chi connectivity index (χ0v) is 15.0. The minimum Gasteiger partial charge on any atom is -0.396 e. The lowest BCUT2D eigenvalue weighted by molar-refractivity contribution is -0.117. The monoisotopic (exact) mass is 329 g/mol. The molecule has 0 saturated carbocycles. The second kappa shape index (κ2) is 9.74. The van der Waals surface area contributed by atoms with Crippen molar-refractivity contribution in [2.24, 2.45) is 5.92 Å². The van der Waals surface area contributed by atoms with E-state index in [2.05, 4.69) is 24.1 Å². The molecule has 1 rings (SSSR count). The van der Waals surface area contributed by atoms with Gasteiger partial charge in [0.25, 0.3) is 5.91 Å². The van der Waals surface area contributed by atoms with Gasteiger partial charge in [-0.05, 0) is 50.0 Å². The first-order valence-corrected chi connectivity index (χ1v) is 8.33. The van der Waals surface area contributed by atoms with Gasteiger partial charge in [-0.2, -0.15) is 5.26 Å². The average Bonchev–Trinajstić information content (AvgIpc) is 2.61. The minimum atomic E-state index is -0.400. The molecule has 0 fully saturated rings. The number of hydrogen-bond acceptors (Lipinski definition) is 4. The van der Waals surface area contributed by atoms with Gasteiger partial charge in [0, 0.05) is 31.9 Å². The van der Waals surface area contributed by atoms with E-state index in [1.807, 2.05) is 37.3 Å². The molecular weight excluding hydrogens is 302 g/mol. The van der Waals surface area contributed by atoms with Crippen LogP contribution in [0.2, 0.25) is 0 Å². The number of allylic oxidation sites excluding steroid dienone is 1. The van der Waals surface area contributed by atoms with E-state index in [9.17, 15) is 10.1 Å². The smallest absolute Gasteiger partial charge is 0.262 e. The van der Waals surface area contributed by atoms with Crippen molar-refractivity contribution in [3.8, 4) is 6.07 Å². The number of aliphatic hydroxyl groups is 1. The zero-order chi connectivity index (χ0) is 18.1. The normalized spacial score (nSPS) is 12.8. The van der Waals surface area contributed by atoms with Crippen molar-refractivity contribution in [3.63, 3.8) is 0 Å². The third-order valence-corrected chi connectivity index (χ3v) is 4.07. The topological polar surface area (TPSA) is 76.4 Å². The number of hydrogen-bond donors (Lipinski definition) is 2. The molecule has 1 aromatic rings. The fraction of sp³-hybridized carbons (Fsp3) is 0.474. The van der Waals surface area contributed by atoms with Gasteiger partial charge in [0.15, 0.2) is 0 Å². The summed E-state index contributed by atoms with van der Waals surface area (Å²) in [7, 11) is 0. The molecule has 2 N–H and O–H groups in total. The molecule has 0 bridgehead atoms. The highest BCUT2D eigenvalue weighted by Gasteiger charge is 2.15. The second-order valence-corrected chi connectivity index (χ2v) is 5.83. The molecule has 5 heteroatoms. The Morgan fingerprint density at radius 1 is 1.29 bits per heavy atom. The van der Waals surface area contributed by atoms with Crippen molar-refractivity contribution in [2.45, 2.75) is 27.7 Å². The van der Waals surface area contributed by atoms with E-state index in [1.165, 1.54) is 0 Å². The van der Waals surface area contributed by atoms with E-state index >= 15 is 0 Å². The number of carbonyl (C=O) groups is 1. The fourth-order valence-corrected chi connectivity index (χ4v) is 2.38. The summed E-state index contributed by atoms with van der Waals surface area (Å²) < 4.78 is 0. The van der Waals surface area contributed by atoms with Crippen molar-refractivity contribution >= 4 is 17.2 Å². The zero-order valence-electron chi connectivity index (χ0n) is 15.0. The average molecular weight is 329 g/mol. The van der Waals surface area contributed by atoms with E-state index in [-0.39, 0.29) is 18.1 Å². The molecule has 1 amide bonds. The summed E-state index contributed by atoms with van der Waals surface area (Å²) in [5, 5.41) is 21.0. The van der Waals surface area contributed by atoms with Gasteiger partial charge in [-0.1, -0.05) is 19.1 Å². The van der Waals surface area contributed by atoms with Crippen molar-refractivity contribution in [1.29, 1.82) is 5.26 Å². The molecule has 5 nitrogen and oxygen atoms in total. The Balaban J connectivity index is 2.98. The SMILES string of the molecule is CCN(CC)c1ccc(/C(C)=C(\C#N)C(=O)NCC(C)CO)cc1. The lowest BCUT2D eigenvalue weighted by Crippen LogP contribution is -2.30. The summed E-state index contributed by atoms with van der Waals surface area (Å²) in [6, 6.07) is 9.88. The van der Waals surface area contributed by atoms with Crippen LogP contribution in [0.4, 0.5) is 5.69 Å². The quantitative estimate of drug-likeness (QED) is 0.568. The molecule has 24 heavy (non-hydrogen) atoms. The van der Waals surface area contributed by atoms with Crippen LogP contribution in [0.1, 0.15) is 33.3 Å². The number of amides is 1. The summed E-state index contributed by atoms with van der Waals surface area (Å²) in [6.45, 7) is 10.0. The van der Waals surface area contributed by atoms with Crippen LogP contribution < -0.4 is 10.2 Å². The Bertz CT molecular complexity index is 610. The van der Waals surface area contributed by atoms with Crippen molar-refractivity contribution in [2.75, 3.05) is 31.1 Å². The number of aliphatic hydroxyl groups excluding tert-OH is 1. The highest BCUT2D eigenvalue weighted by molar-refractivity contribution is 6.04. The van der Waals surface area contributed by atoms with Crippen LogP contribution in [-0.2, 0) is 4.79 Å². The molecule has 0 radical (unpaired) electrons. The first-order chi connectivity index (χ1) is 11.5. The lowest BCUT2D eigenvalue weighted by Gasteiger charge is -2.21. The first kappa shape index (κ1) is 19.7. The minimum absolute atomic E-state index is 0.00230. The molecule has 1 unspecified atom stereocenters. The van der Waals surface area contributed by atoms with Crippen LogP contribution in [0.15, 0.2) is 29.8 Å². The molecule has 130 valence electrons. The predicted octanol–water partition coefficient (Wildman–Crippen LogP) is 2.57. The van der Waals surface area contributed by atoms with Gasteiger partial charge in [-0.25, -0.2) is 0 Å². The summed E-state index contributed by atoms with van der Waals surface area (Å²) in [4.78, 5) is 14.4. The molecule has 1 aromatic carbocycles. The number of rotatable bonds is 8. The molecule has 1 atom stereocenters. The predicted molar refractivity (Wildman–Crippen MR) is 97.5 cm³/mol. The second-order valence-electron chi connectivity index (χ2n) is 5.83. The van der Waals surface area contributed by atoms with Gasteiger partial charge in [-0.15, -0.1) is 0 Å². The molecule has 0 saturated heterocycles. The molecule has 0 aliphatic carbocycles. The number of nitrogens with one attached hydrogen (secondary N) is 1. The van der Waals surface area contributed by atoms with Gasteiger partial charge in [0.1, 0.15) is 11.6 Å². The highest BCUT2D eigenvalue weighted by Crippen LogP contribution is 2.22. The fourth-order valence-electron chi connectivity index (χ4n) is 2.38. The van der Waals surface area contributed by atoms with E-state index in [0.717, 1.165) is 24.3 Å². The summed E-state index contributed by atoms with van der Waals surface area (Å²) in [5.74, 6) is -0.439. The number of nitrogens with zero attached hydrogens (tertiary/aromatic N) is 2. The summed E-state index contributed by atoms with van der Waals surface area (Å²) >= 11 is 0. The summed E-state index contributed by atoms with van der Waals surface area (Å²) in [5.41, 5.74) is 2.73. The Morgan fingerprint density at radius 3 is 2.33 bits per heavy atom. The molecule has 0 heterocycles. The number of carbonyl (C=O) groups excluding carboxylic acids is 1. The maximum atomic E-state index is 12.2. The van der Waals surface area contributed by atoms with Crippen LogP contribution >= 0.6 is 0 Å². The first-order valence-electron chi connectivity index (χ1n) is 8.33. The standard InChI is InChI=1S/C19H27N3O2/c1-5-22(6-2)17-9-7-16(8-10-17)15(4)18(11-20)19(24)21-12-14(3)13-23/h7-10,14,23H,5-6,12-13H2,1-4H3,(H,21,24)/b18-15+. The van der Waals surface area contributed by atoms with Crippen LogP contribution in [0.5, 0.6) is 0 Å². The maximum absolute atomic E-state index is 12.2. The third kappa shape index (κ3) is 5.10. The third-order valence-electron chi connectivity index (χ3n) is 4.07. The van der Waals surface area contributed by atoms with Crippen molar-refractivity contribution in [3.05, 3.63) is 35.4 Å². The van der Waals surface area contributed by atoms with Crippen molar-refractivity contribution in [1.82, 2.24) is 5.32 Å². The van der Waals surface area contributed by atoms with Crippen molar-refractivity contribution < 1.29 is 9.90 Å². The highest BCUT2D eigenvalue weighted by atomic mass is 16.3. The number of nitriles is 1. The maximum Gasteiger partial charge on any atom is 0.262 e. The van der Waals surface area contributed by atoms with Gasteiger partial charge in [-0.3, -0.25) is 4.79 Å². The van der Waals surface area contributed by atoms with Gasteiger partial charge < -0.3 is 15.3 Å². The van der Waals surface area contributed by atoms with Crippen LogP contribution in [0.3, 0.4) is 0 Å². The van der Waals surface area contributed by atoms with Crippen LogP contribution in [0.25, 0.3) is 5.57 Å². The van der Waals surface area contributed by atoms with Crippen LogP contribution in [0, 0.1) is 17.2 Å². The number of anilines is 1. The van der Waals surface area contributed by atoms with E-state index in [0.29, 0.717) is 12.1 Å². The van der Waals surface area contributed by atoms with Gasteiger partial charge in [0.05, 0.1) is 0 Å². The van der Waals surface area contributed by atoms with Crippen LogP contribution in [-0.4, -0.2) is 37.3 Å². The largest absolute Gasteiger partial charge is 0.396 e. The van der Waals surface area contributed by atoms with Gasteiger partial charge >= 0.3 is 0 Å². The van der Waals surface area contributed by atoms with Gasteiger partial charge in [0.2, 0.25) is 0 Å². The van der Waals surface area contributed by atoms with E-state index in [1.54, 1.807) is 6.92 Å². The molecule has 0 aliphatic rings. The molecule has 0 aliphatic heterocycles. The Kier molecular flexibility index (Phi) is 8.00. The van der Waals surface area contributed by atoms with E-state index < -0.39 is 5.91 Å². The molecule has 0 aromatic heterocycles. The molecular formula is C19H27N3O2. The molecule has 0 spiro atoms. The van der Waals surface area contributed by atoms with E-state index in [4.69, 9.17) is 5.11 Å². The Labute approximate surface area is 144 Å². The lowest BCUT2D eigenvalue weighted by atomic mass is 10.0.